The van der Waals surface area contributed by atoms with Crippen molar-refractivity contribution in [1.82, 2.24) is 5.32 Å². The van der Waals surface area contributed by atoms with Crippen LogP contribution in [0.25, 0.3) is 0 Å². The van der Waals surface area contributed by atoms with E-state index >= 15 is 0 Å². The molecule has 1 fully saturated rings. The summed E-state index contributed by atoms with van der Waals surface area (Å²) in [5, 5.41) is 3.47. The lowest BCUT2D eigenvalue weighted by atomic mass is 9.68. The van der Waals surface area contributed by atoms with Crippen LogP contribution in [0.4, 0.5) is 0 Å². The van der Waals surface area contributed by atoms with Crippen LogP contribution in [0.3, 0.4) is 0 Å². The fourth-order valence-electron chi connectivity index (χ4n) is 3.26. The molecule has 0 unspecified atom stereocenters. The summed E-state index contributed by atoms with van der Waals surface area (Å²) in [6.45, 7) is 2.10. The smallest absolute Gasteiger partial charge is 0.154 e. The van der Waals surface area contributed by atoms with Crippen LogP contribution in [0.1, 0.15) is 24.0 Å². The number of nitrogens with one attached hydrogen (secondary N) is 1. The second-order valence-corrected chi connectivity index (χ2v) is 5.63. The third-order valence-electron chi connectivity index (χ3n) is 4.37. The van der Waals surface area contributed by atoms with Crippen LogP contribution in [0, 0.1) is 0 Å². The van der Waals surface area contributed by atoms with Crippen molar-refractivity contribution in [2.45, 2.75) is 18.3 Å². The zero-order valence-electron chi connectivity index (χ0n) is 11.9. The van der Waals surface area contributed by atoms with Gasteiger partial charge in [0.25, 0.3) is 0 Å². The maximum absolute atomic E-state index is 5.26. The maximum Gasteiger partial charge on any atom is 0.154 e. The summed E-state index contributed by atoms with van der Waals surface area (Å²) in [7, 11) is 0. The van der Waals surface area contributed by atoms with E-state index in [1.807, 2.05) is 12.1 Å². The molecule has 0 atom stereocenters. The first-order valence-electron chi connectivity index (χ1n) is 7.32. The lowest BCUT2D eigenvalue weighted by Crippen LogP contribution is -2.40. The molecule has 1 saturated heterocycles. The molecule has 0 aliphatic carbocycles. The van der Waals surface area contributed by atoms with Gasteiger partial charge in [0.05, 0.1) is 0 Å². The predicted molar refractivity (Wildman–Crippen MR) is 90.1 cm³/mol. The minimum Gasteiger partial charge on any atom is -0.454 e. The fourth-order valence-corrected chi connectivity index (χ4v) is 3.37. The van der Waals surface area contributed by atoms with Gasteiger partial charge in [-0.15, -0.1) is 0 Å². The average Bonchev–Trinajstić information content (AvgIpc) is 2.57. The summed E-state index contributed by atoms with van der Waals surface area (Å²) in [4.78, 5) is 0. The van der Waals surface area contributed by atoms with Gasteiger partial charge in [0.1, 0.15) is 5.75 Å². The first-order valence-corrected chi connectivity index (χ1v) is 7.79. The number of rotatable bonds is 4. The van der Waals surface area contributed by atoms with Gasteiger partial charge in [-0.2, -0.15) is 0 Å². The Morgan fingerprint density at radius 3 is 2.14 bits per heavy atom. The summed E-state index contributed by atoms with van der Waals surface area (Å²) < 4.78 is 5.26. The van der Waals surface area contributed by atoms with Crippen molar-refractivity contribution < 1.29 is 4.74 Å². The molecule has 1 N–H and O–H groups in total. The minimum absolute atomic E-state index is 0.0999. The highest BCUT2D eigenvalue weighted by Gasteiger charge is 2.35. The summed E-state index contributed by atoms with van der Waals surface area (Å²) in [5.41, 5.74) is 4.15. The summed E-state index contributed by atoms with van der Waals surface area (Å²) >= 11 is 4.73. The number of hydrogen-bond donors (Lipinski definition) is 1. The Kier molecular flexibility index (Phi) is 4.32. The topological polar surface area (TPSA) is 21.3 Å². The van der Waals surface area contributed by atoms with Gasteiger partial charge in [-0.1, -0.05) is 42.5 Å². The number of thiocarbonyl (C=S) groups is 1. The fraction of sp³-hybridized carbons (Fsp3) is 0.278. The molecule has 1 aliphatic rings. The lowest BCUT2D eigenvalue weighted by molar-refractivity contribution is 0.362. The predicted octanol–water partition coefficient (Wildman–Crippen LogP) is 3.69. The summed E-state index contributed by atoms with van der Waals surface area (Å²) in [6, 6.07) is 19.2. The van der Waals surface area contributed by atoms with E-state index in [0.29, 0.717) is 0 Å². The minimum atomic E-state index is 0.0999. The largest absolute Gasteiger partial charge is 0.454 e. The molecule has 2 aromatic carbocycles. The van der Waals surface area contributed by atoms with Gasteiger partial charge in [-0.25, -0.2) is 0 Å². The Morgan fingerprint density at radius 1 is 0.905 bits per heavy atom. The Bertz CT molecular complexity index is 588. The number of piperidine rings is 1. The highest BCUT2D eigenvalue weighted by Crippen LogP contribution is 2.40. The first kappa shape index (κ1) is 14.2. The molecule has 0 radical (unpaired) electrons. The zero-order chi connectivity index (χ0) is 14.5. The molecular weight excluding hydrogens is 278 g/mol. The molecule has 0 saturated carbocycles. The van der Waals surface area contributed by atoms with E-state index < -0.39 is 0 Å². The number of hydrogen-bond acceptors (Lipinski definition) is 3. The third-order valence-corrected chi connectivity index (χ3v) is 4.47. The van der Waals surface area contributed by atoms with Crippen molar-refractivity contribution in [1.29, 1.82) is 0 Å². The number of ether oxygens (including phenoxy) is 1. The Balaban J connectivity index is 2.01. The van der Waals surface area contributed by atoms with E-state index in [0.717, 1.165) is 31.7 Å². The molecule has 108 valence electrons. The molecule has 2 aromatic rings. The van der Waals surface area contributed by atoms with Crippen LogP contribution in [-0.2, 0) is 5.41 Å². The second kappa shape index (κ2) is 6.37. The number of benzene rings is 2. The summed E-state index contributed by atoms with van der Waals surface area (Å²) in [5.74, 6) is 0.797. The van der Waals surface area contributed by atoms with Crippen LogP contribution in [0.15, 0.2) is 54.6 Å². The molecule has 3 heteroatoms. The highest BCUT2D eigenvalue weighted by molar-refractivity contribution is 7.78. The van der Waals surface area contributed by atoms with E-state index in [-0.39, 0.29) is 5.41 Å². The van der Waals surface area contributed by atoms with Gasteiger partial charge >= 0.3 is 0 Å². The van der Waals surface area contributed by atoms with Crippen molar-refractivity contribution in [3.63, 3.8) is 0 Å². The molecule has 3 rings (SSSR count). The van der Waals surface area contributed by atoms with E-state index in [2.05, 4.69) is 47.8 Å². The zero-order valence-corrected chi connectivity index (χ0v) is 12.7. The second-order valence-electron chi connectivity index (χ2n) is 5.44. The van der Waals surface area contributed by atoms with E-state index in [4.69, 9.17) is 17.0 Å². The van der Waals surface area contributed by atoms with Crippen LogP contribution in [-0.4, -0.2) is 18.6 Å². The van der Waals surface area contributed by atoms with Crippen molar-refractivity contribution in [2.24, 2.45) is 0 Å². The van der Waals surface area contributed by atoms with Gasteiger partial charge in [0.15, 0.2) is 5.55 Å². The Morgan fingerprint density at radius 2 is 1.52 bits per heavy atom. The summed E-state index contributed by atoms with van der Waals surface area (Å²) in [6.07, 6.45) is 2.23. The monoisotopic (exact) mass is 297 g/mol. The van der Waals surface area contributed by atoms with Gasteiger partial charge < -0.3 is 10.1 Å². The van der Waals surface area contributed by atoms with Gasteiger partial charge in [-0.3, -0.25) is 0 Å². The van der Waals surface area contributed by atoms with Gasteiger partial charge in [-0.05, 0) is 61.4 Å². The molecular formula is C18H19NOS. The molecule has 0 aromatic heterocycles. The maximum atomic E-state index is 5.26. The molecule has 0 spiro atoms. The standard InChI is InChI=1S/C18H19NOS/c21-14-20-17-8-6-16(7-9-17)18(10-12-19-13-11-18)15-4-2-1-3-5-15/h1-9,14,19H,10-13H2. The highest BCUT2D eigenvalue weighted by atomic mass is 32.1. The van der Waals surface area contributed by atoms with Crippen molar-refractivity contribution >= 4 is 17.8 Å². The van der Waals surface area contributed by atoms with Gasteiger partial charge in [0, 0.05) is 5.41 Å². The molecule has 1 aliphatic heterocycles. The molecule has 2 nitrogen and oxygen atoms in total. The van der Waals surface area contributed by atoms with Crippen LogP contribution >= 0.6 is 12.2 Å². The van der Waals surface area contributed by atoms with Crippen molar-refractivity contribution in [3.05, 3.63) is 65.7 Å². The van der Waals surface area contributed by atoms with E-state index in [1.54, 1.807) is 0 Å². The van der Waals surface area contributed by atoms with Crippen molar-refractivity contribution in [2.75, 3.05) is 13.1 Å². The van der Waals surface area contributed by atoms with Crippen molar-refractivity contribution in [3.8, 4) is 5.75 Å². The Labute approximate surface area is 131 Å². The average molecular weight is 297 g/mol. The van der Waals surface area contributed by atoms with Crippen LogP contribution < -0.4 is 10.1 Å². The van der Waals surface area contributed by atoms with Crippen LogP contribution in [0.5, 0.6) is 5.75 Å². The molecule has 21 heavy (non-hydrogen) atoms. The normalized spacial score (nSPS) is 17.1. The first-order chi connectivity index (χ1) is 10.3. The SMILES string of the molecule is S=COc1ccc(C2(c3ccccc3)CCNCC2)cc1. The molecule has 0 bridgehead atoms. The van der Waals surface area contributed by atoms with E-state index in [1.165, 1.54) is 16.7 Å². The molecule has 0 amide bonds. The molecule has 1 heterocycles. The Hall–Kier alpha value is -1.71. The lowest BCUT2D eigenvalue weighted by Gasteiger charge is -2.39. The third kappa shape index (κ3) is 2.85. The van der Waals surface area contributed by atoms with Crippen LogP contribution in [0.2, 0.25) is 0 Å². The van der Waals surface area contributed by atoms with Gasteiger partial charge in [0.2, 0.25) is 0 Å². The van der Waals surface area contributed by atoms with E-state index in [9.17, 15) is 0 Å². The quantitative estimate of drug-likeness (QED) is 0.870.